The zero-order valence-corrected chi connectivity index (χ0v) is 11.9. The van der Waals surface area contributed by atoms with Crippen molar-refractivity contribution in [3.8, 4) is 0 Å². The number of piperidine rings is 1. The van der Waals surface area contributed by atoms with Crippen LogP contribution in [0, 0.1) is 0 Å². The van der Waals surface area contributed by atoms with Gasteiger partial charge in [-0.25, -0.2) is 0 Å². The smallest absolute Gasteiger partial charge is 0.244 e. The molecule has 1 aliphatic rings. The monoisotopic (exact) mass is 291 g/mol. The van der Waals surface area contributed by atoms with Crippen molar-refractivity contribution in [3.05, 3.63) is 24.5 Å². The van der Waals surface area contributed by atoms with Gasteiger partial charge in [-0.1, -0.05) is 0 Å². The molecule has 2 heterocycles. The summed E-state index contributed by atoms with van der Waals surface area (Å²) in [7, 11) is 0. The maximum Gasteiger partial charge on any atom is 0.244 e. The molecule has 0 bridgehead atoms. The van der Waals surface area contributed by atoms with E-state index in [1.54, 1.807) is 12.4 Å². The molecule has 1 fully saturated rings. The van der Waals surface area contributed by atoms with Gasteiger partial charge in [-0.2, -0.15) is 0 Å². The number of anilines is 1. The number of carbonyl (C=O) groups excluding carboxylic acids is 1. The van der Waals surface area contributed by atoms with E-state index >= 15 is 0 Å². The number of amides is 1. The number of halogens is 2. The van der Waals surface area contributed by atoms with Gasteiger partial charge in [-0.05, 0) is 44.9 Å². The van der Waals surface area contributed by atoms with E-state index in [0.717, 1.165) is 31.5 Å². The van der Waals surface area contributed by atoms with Gasteiger partial charge in [-0.3, -0.25) is 9.78 Å². The Morgan fingerprint density at radius 1 is 1.44 bits per heavy atom. The van der Waals surface area contributed by atoms with Crippen LogP contribution >= 0.6 is 24.8 Å². The summed E-state index contributed by atoms with van der Waals surface area (Å²) < 4.78 is 0. The van der Waals surface area contributed by atoms with Crippen molar-refractivity contribution in [2.45, 2.75) is 31.7 Å². The number of rotatable bonds is 2. The van der Waals surface area contributed by atoms with Gasteiger partial charge in [-0.15, -0.1) is 24.8 Å². The van der Waals surface area contributed by atoms with E-state index < -0.39 is 5.54 Å². The fourth-order valence-corrected chi connectivity index (χ4v) is 1.96. The zero-order chi connectivity index (χ0) is 11.4. The van der Waals surface area contributed by atoms with Crippen LogP contribution in [-0.2, 0) is 4.79 Å². The Kier molecular flexibility index (Phi) is 7.21. The number of carbonyl (C=O) groups is 1. The van der Waals surface area contributed by atoms with Gasteiger partial charge in [0.05, 0.1) is 17.4 Å². The van der Waals surface area contributed by atoms with Gasteiger partial charge in [0.25, 0.3) is 0 Å². The maximum absolute atomic E-state index is 12.1. The largest absolute Gasteiger partial charge is 0.323 e. The fourth-order valence-electron chi connectivity index (χ4n) is 1.96. The van der Waals surface area contributed by atoms with Crippen LogP contribution in [0.5, 0.6) is 0 Å². The molecule has 0 saturated carbocycles. The summed E-state index contributed by atoms with van der Waals surface area (Å²) in [6.07, 6.45) is 6.49. The highest BCUT2D eigenvalue weighted by Gasteiger charge is 2.34. The minimum Gasteiger partial charge on any atom is -0.323 e. The van der Waals surface area contributed by atoms with E-state index in [0.29, 0.717) is 0 Å². The van der Waals surface area contributed by atoms with E-state index in [1.165, 1.54) is 0 Å². The van der Waals surface area contributed by atoms with Gasteiger partial charge in [0.1, 0.15) is 0 Å². The van der Waals surface area contributed by atoms with E-state index in [9.17, 15) is 4.79 Å². The van der Waals surface area contributed by atoms with Crippen LogP contribution in [0.1, 0.15) is 26.2 Å². The van der Waals surface area contributed by atoms with E-state index in [1.807, 2.05) is 19.1 Å². The van der Waals surface area contributed by atoms with E-state index in [-0.39, 0.29) is 30.7 Å². The summed E-state index contributed by atoms with van der Waals surface area (Å²) in [4.78, 5) is 16.1. The zero-order valence-electron chi connectivity index (χ0n) is 10.3. The summed E-state index contributed by atoms with van der Waals surface area (Å²) in [5, 5.41) is 6.17. The molecule has 6 heteroatoms. The normalized spacial score (nSPS) is 22.3. The highest BCUT2D eigenvalue weighted by atomic mass is 35.5. The third-order valence-electron chi connectivity index (χ3n) is 3.04. The summed E-state index contributed by atoms with van der Waals surface area (Å²) in [5.41, 5.74) is 0.315. The predicted octanol–water partition coefficient (Wildman–Crippen LogP) is 2.40. The van der Waals surface area contributed by atoms with Crippen LogP contribution in [0.25, 0.3) is 0 Å². The lowest BCUT2D eigenvalue weighted by Gasteiger charge is -2.33. The first kappa shape index (κ1) is 17.2. The van der Waals surface area contributed by atoms with Gasteiger partial charge in [0.2, 0.25) is 5.91 Å². The number of hydrogen-bond donors (Lipinski definition) is 2. The second-order valence-electron chi connectivity index (χ2n) is 4.41. The lowest BCUT2D eigenvalue weighted by Crippen LogP contribution is -2.54. The number of pyridine rings is 1. The lowest BCUT2D eigenvalue weighted by molar-refractivity contribution is -0.122. The van der Waals surface area contributed by atoms with Crippen molar-refractivity contribution in [2.75, 3.05) is 11.9 Å². The molecule has 0 aromatic carbocycles. The summed E-state index contributed by atoms with van der Waals surface area (Å²) in [6, 6.07) is 3.66. The van der Waals surface area contributed by atoms with Crippen molar-refractivity contribution < 1.29 is 4.79 Å². The molecule has 1 aliphatic heterocycles. The fraction of sp³-hybridized carbons (Fsp3) is 0.500. The molecule has 4 nitrogen and oxygen atoms in total. The number of nitrogens with one attached hydrogen (secondary N) is 2. The Balaban J connectivity index is 0.00000144. The third-order valence-corrected chi connectivity index (χ3v) is 3.04. The van der Waals surface area contributed by atoms with E-state index in [2.05, 4.69) is 15.6 Å². The van der Waals surface area contributed by atoms with Crippen LogP contribution in [0.15, 0.2) is 24.5 Å². The Hall–Kier alpha value is -0.840. The second kappa shape index (κ2) is 7.56. The molecule has 1 aromatic heterocycles. The molecule has 18 heavy (non-hydrogen) atoms. The molecule has 1 atom stereocenters. The molecule has 1 aromatic rings. The molecule has 2 rings (SSSR count). The summed E-state index contributed by atoms with van der Waals surface area (Å²) >= 11 is 0. The molecular weight excluding hydrogens is 273 g/mol. The summed E-state index contributed by atoms with van der Waals surface area (Å²) in [6.45, 7) is 2.87. The molecule has 0 radical (unpaired) electrons. The molecule has 0 spiro atoms. The average molecular weight is 292 g/mol. The average Bonchev–Trinajstić information content (AvgIpc) is 2.31. The van der Waals surface area contributed by atoms with Gasteiger partial charge in [0.15, 0.2) is 0 Å². The number of nitrogens with zero attached hydrogens (tertiary/aromatic N) is 1. The third kappa shape index (κ3) is 4.12. The Labute approximate surface area is 120 Å². The number of hydrogen-bond acceptors (Lipinski definition) is 3. The first-order valence-corrected chi connectivity index (χ1v) is 5.67. The first-order chi connectivity index (χ1) is 7.71. The molecule has 0 aliphatic carbocycles. The Morgan fingerprint density at radius 3 is 2.78 bits per heavy atom. The maximum atomic E-state index is 12.1. The van der Waals surface area contributed by atoms with Gasteiger partial charge >= 0.3 is 0 Å². The van der Waals surface area contributed by atoms with Crippen molar-refractivity contribution >= 4 is 36.4 Å². The van der Waals surface area contributed by atoms with Crippen LogP contribution < -0.4 is 10.6 Å². The Morgan fingerprint density at radius 2 is 2.22 bits per heavy atom. The lowest BCUT2D eigenvalue weighted by atomic mass is 9.90. The molecule has 1 saturated heterocycles. The van der Waals surface area contributed by atoms with Crippen molar-refractivity contribution in [1.29, 1.82) is 0 Å². The standard InChI is InChI=1S/C12H17N3O.2ClH/c1-12(6-2-3-8-14-12)11(16)15-10-5-4-7-13-9-10;;/h4-5,7,9,14H,2-3,6,8H2,1H3,(H,15,16);2*1H. The quantitative estimate of drug-likeness (QED) is 0.880. The molecule has 2 N–H and O–H groups in total. The molecule has 1 amide bonds. The van der Waals surface area contributed by atoms with Crippen LogP contribution in [0.4, 0.5) is 5.69 Å². The second-order valence-corrected chi connectivity index (χ2v) is 4.41. The molecule has 1 unspecified atom stereocenters. The SMILES string of the molecule is CC1(C(=O)Nc2cccnc2)CCCCN1.Cl.Cl. The van der Waals surface area contributed by atoms with Gasteiger partial charge < -0.3 is 10.6 Å². The van der Waals surface area contributed by atoms with Crippen LogP contribution in [0.3, 0.4) is 0 Å². The summed E-state index contributed by atoms with van der Waals surface area (Å²) in [5.74, 6) is 0.0280. The highest BCUT2D eigenvalue weighted by Crippen LogP contribution is 2.20. The number of aromatic nitrogens is 1. The minimum absolute atomic E-state index is 0. The van der Waals surface area contributed by atoms with Crippen molar-refractivity contribution in [3.63, 3.8) is 0 Å². The molecule has 102 valence electrons. The minimum atomic E-state index is -0.436. The predicted molar refractivity (Wildman–Crippen MR) is 77.6 cm³/mol. The Bertz CT molecular complexity index is 367. The first-order valence-electron chi connectivity index (χ1n) is 5.67. The van der Waals surface area contributed by atoms with E-state index in [4.69, 9.17) is 0 Å². The van der Waals surface area contributed by atoms with Gasteiger partial charge in [0, 0.05) is 6.20 Å². The molecular formula is C12H19Cl2N3O. The van der Waals surface area contributed by atoms with Crippen LogP contribution in [-0.4, -0.2) is 23.0 Å². The topological polar surface area (TPSA) is 54.0 Å². The van der Waals surface area contributed by atoms with Crippen molar-refractivity contribution in [1.82, 2.24) is 10.3 Å². The van der Waals surface area contributed by atoms with Crippen LogP contribution in [0.2, 0.25) is 0 Å². The van der Waals surface area contributed by atoms with Crippen molar-refractivity contribution in [2.24, 2.45) is 0 Å². The highest BCUT2D eigenvalue weighted by molar-refractivity contribution is 5.97.